The molecule has 17 nitrogen and oxygen atoms in total. The smallest absolute Gasteiger partial charge is 0.462 e. The van der Waals surface area contributed by atoms with Gasteiger partial charge in [0.1, 0.15) is 19.3 Å². The molecule has 0 saturated carbocycles. The van der Waals surface area contributed by atoms with Crippen LogP contribution in [0.4, 0.5) is 0 Å². The Balaban J connectivity index is 5.22. The molecule has 0 fully saturated rings. The zero-order chi connectivity index (χ0) is 71.4. The summed E-state index contributed by atoms with van der Waals surface area (Å²) in [5.74, 6) is -0.532. The molecule has 576 valence electrons. The Kier molecular flexibility index (Phi) is 68.4. The third-order valence-electron chi connectivity index (χ3n) is 18.6. The van der Waals surface area contributed by atoms with Gasteiger partial charge >= 0.3 is 39.5 Å². The minimum Gasteiger partial charge on any atom is -0.462 e. The highest BCUT2D eigenvalue weighted by Gasteiger charge is 2.30. The van der Waals surface area contributed by atoms with Crippen molar-refractivity contribution in [2.24, 2.45) is 11.8 Å². The number of ether oxygens (including phenoxy) is 4. The molecule has 0 aliphatic rings. The molecule has 3 unspecified atom stereocenters. The summed E-state index contributed by atoms with van der Waals surface area (Å²) in [6, 6.07) is 0. The average molecular weight is 1420 g/mol. The van der Waals surface area contributed by atoms with Gasteiger partial charge in [-0.1, -0.05) is 356 Å². The molecule has 0 aromatic rings. The summed E-state index contributed by atoms with van der Waals surface area (Å²) in [5, 5.41) is 10.6. The lowest BCUT2D eigenvalue weighted by molar-refractivity contribution is -0.161. The van der Waals surface area contributed by atoms with E-state index in [1.165, 1.54) is 225 Å². The highest BCUT2D eigenvalue weighted by atomic mass is 31.2. The number of carbonyl (C=O) groups excluding carboxylic acids is 4. The number of aliphatic hydroxyl groups is 1. The molecule has 0 aliphatic heterocycles. The van der Waals surface area contributed by atoms with E-state index in [0.29, 0.717) is 25.7 Å². The molecule has 97 heavy (non-hydrogen) atoms. The second kappa shape index (κ2) is 69.8. The number of phosphoric acid groups is 2. The lowest BCUT2D eigenvalue weighted by Gasteiger charge is -2.21. The van der Waals surface area contributed by atoms with Crippen LogP contribution in [-0.4, -0.2) is 96.7 Å². The van der Waals surface area contributed by atoms with Gasteiger partial charge in [0.2, 0.25) is 0 Å². The number of hydrogen-bond acceptors (Lipinski definition) is 15. The van der Waals surface area contributed by atoms with E-state index in [4.69, 9.17) is 37.0 Å². The molecule has 0 rings (SSSR count). The van der Waals surface area contributed by atoms with Crippen LogP contribution in [-0.2, 0) is 65.4 Å². The topological polar surface area (TPSA) is 237 Å². The molecular formula is C78H152O17P2. The number of hydrogen-bond donors (Lipinski definition) is 3. The van der Waals surface area contributed by atoms with E-state index >= 15 is 0 Å². The number of esters is 4. The fourth-order valence-electron chi connectivity index (χ4n) is 12.0. The van der Waals surface area contributed by atoms with Crippen LogP contribution >= 0.6 is 15.6 Å². The van der Waals surface area contributed by atoms with E-state index in [1.807, 2.05) is 0 Å². The maximum absolute atomic E-state index is 13.1. The van der Waals surface area contributed by atoms with E-state index in [1.54, 1.807) is 0 Å². The first-order valence-corrected chi connectivity index (χ1v) is 43.5. The molecule has 0 spiro atoms. The van der Waals surface area contributed by atoms with Crippen LogP contribution in [0.1, 0.15) is 408 Å². The Morgan fingerprint density at radius 1 is 0.299 bits per heavy atom. The van der Waals surface area contributed by atoms with Crippen molar-refractivity contribution < 1.29 is 80.2 Å². The summed E-state index contributed by atoms with van der Waals surface area (Å²) in [7, 11) is -9.91. The van der Waals surface area contributed by atoms with Crippen molar-refractivity contribution in [3.05, 3.63) is 0 Å². The first kappa shape index (κ1) is 95.1. The Bertz CT molecular complexity index is 1870. The molecule has 0 amide bonds. The van der Waals surface area contributed by atoms with Gasteiger partial charge in [-0.15, -0.1) is 0 Å². The summed E-state index contributed by atoms with van der Waals surface area (Å²) in [6.45, 7) is 9.63. The maximum Gasteiger partial charge on any atom is 0.472 e. The van der Waals surface area contributed by atoms with Gasteiger partial charge in [0.15, 0.2) is 12.2 Å². The van der Waals surface area contributed by atoms with E-state index in [-0.39, 0.29) is 25.7 Å². The molecule has 0 aliphatic carbocycles. The van der Waals surface area contributed by atoms with E-state index in [9.17, 15) is 43.2 Å². The van der Waals surface area contributed by atoms with Crippen molar-refractivity contribution in [1.82, 2.24) is 0 Å². The zero-order valence-electron chi connectivity index (χ0n) is 63.4. The third kappa shape index (κ3) is 70.9. The molecule has 0 bridgehead atoms. The zero-order valence-corrected chi connectivity index (χ0v) is 65.2. The van der Waals surface area contributed by atoms with Crippen LogP contribution in [0.5, 0.6) is 0 Å². The lowest BCUT2D eigenvalue weighted by atomic mass is 9.99. The number of aliphatic hydroxyl groups excluding tert-OH is 1. The molecule has 3 N–H and O–H groups in total. The van der Waals surface area contributed by atoms with Gasteiger partial charge in [0, 0.05) is 25.7 Å². The molecule has 0 aromatic carbocycles. The Labute approximate surface area is 594 Å². The van der Waals surface area contributed by atoms with Crippen LogP contribution in [0.25, 0.3) is 0 Å². The third-order valence-corrected chi connectivity index (χ3v) is 20.5. The SMILES string of the molecule is CCCCCCCCCCCCCCCCCCCCC(=O)OC[C@H](COP(=O)(O)OC[C@@H](O)COP(=O)(O)OC[C@@H](COC(=O)CCCCCCCCCCC)OC(=O)CCCCCCCCCCCC(C)C)OC(=O)CCCCCCCCCCCCCCCCC(C)CC. The Morgan fingerprint density at radius 2 is 0.526 bits per heavy atom. The van der Waals surface area contributed by atoms with E-state index < -0.39 is 97.5 Å². The fraction of sp³-hybridized carbons (Fsp3) is 0.949. The molecule has 0 radical (unpaired) electrons. The monoisotopic (exact) mass is 1420 g/mol. The summed E-state index contributed by atoms with van der Waals surface area (Å²) in [4.78, 5) is 72.8. The molecule has 6 atom stereocenters. The molecular weight excluding hydrogens is 1270 g/mol. The predicted molar refractivity (Wildman–Crippen MR) is 395 cm³/mol. The second-order valence-electron chi connectivity index (χ2n) is 28.8. The van der Waals surface area contributed by atoms with Crippen LogP contribution in [0.2, 0.25) is 0 Å². The van der Waals surface area contributed by atoms with Crippen molar-refractivity contribution in [1.29, 1.82) is 0 Å². The average Bonchev–Trinajstić information content (AvgIpc) is 1.32. The first-order chi connectivity index (χ1) is 46.9. The van der Waals surface area contributed by atoms with Gasteiger partial charge < -0.3 is 33.8 Å². The number of phosphoric ester groups is 2. The molecule has 0 saturated heterocycles. The molecule has 19 heteroatoms. The van der Waals surface area contributed by atoms with Crippen molar-refractivity contribution in [2.45, 2.75) is 426 Å². The fourth-order valence-corrected chi connectivity index (χ4v) is 13.6. The standard InChI is InChI=1S/C78H152O17P2/c1-7-10-12-14-16-18-19-20-21-22-23-24-28-31-37-43-49-55-61-76(81)89-67-74(94-77(82)62-56-50-44-38-32-29-26-25-27-30-36-41-47-53-59-71(6)9-3)69-93-97(86,87)91-65-72(79)64-90-96(84,85)92-68-73(66-88-75(80)60-54-48-42-34-17-15-13-11-8-2)95-78(83)63-57-51-45-39-33-35-40-46-52-58-70(4)5/h70-74,79H,7-69H2,1-6H3,(H,84,85)(H,86,87)/t71?,72-,73+,74+/m0/s1. The van der Waals surface area contributed by atoms with Crippen molar-refractivity contribution in [2.75, 3.05) is 39.6 Å². The van der Waals surface area contributed by atoms with Gasteiger partial charge in [-0.05, 0) is 37.5 Å². The van der Waals surface area contributed by atoms with Gasteiger partial charge in [-0.25, -0.2) is 9.13 Å². The van der Waals surface area contributed by atoms with Crippen molar-refractivity contribution >= 4 is 39.5 Å². The first-order valence-electron chi connectivity index (χ1n) is 40.5. The summed E-state index contributed by atoms with van der Waals surface area (Å²) < 4.78 is 68.6. The summed E-state index contributed by atoms with van der Waals surface area (Å²) >= 11 is 0. The predicted octanol–water partition coefficient (Wildman–Crippen LogP) is 23.1. The van der Waals surface area contributed by atoms with Gasteiger partial charge in [-0.2, -0.15) is 0 Å². The summed E-state index contributed by atoms with van der Waals surface area (Å²) in [5.41, 5.74) is 0. The van der Waals surface area contributed by atoms with E-state index in [0.717, 1.165) is 102 Å². The van der Waals surface area contributed by atoms with Crippen LogP contribution in [0, 0.1) is 11.8 Å². The van der Waals surface area contributed by atoms with Crippen LogP contribution in [0.3, 0.4) is 0 Å². The maximum atomic E-state index is 13.1. The van der Waals surface area contributed by atoms with Crippen molar-refractivity contribution in [3.8, 4) is 0 Å². The largest absolute Gasteiger partial charge is 0.472 e. The highest BCUT2D eigenvalue weighted by Crippen LogP contribution is 2.45. The number of unbranched alkanes of at least 4 members (excludes halogenated alkanes) is 46. The highest BCUT2D eigenvalue weighted by molar-refractivity contribution is 7.47. The van der Waals surface area contributed by atoms with Crippen LogP contribution in [0.15, 0.2) is 0 Å². The normalized spacial score (nSPS) is 14.2. The van der Waals surface area contributed by atoms with Gasteiger partial charge in [0.05, 0.1) is 26.4 Å². The quantitative estimate of drug-likeness (QED) is 0.0222. The van der Waals surface area contributed by atoms with Gasteiger partial charge in [-0.3, -0.25) is 37.3 Å². The Hall–Kier alpha value is -1.94. The van der Waals surface area contributed by atoms with E-state index in [2.05, 4.69) is 41.5 Å². The van der Waals surface area contributed by atoms with Crippen LogP contribution < -0.4 is 0 Å². The summed E-state index contributed by atoms with van der Waals surface area (Å²) in [6.07, 6.45) is 58.2. The van der Waals surface area contributed by atoms with Gasteiger partial charge in [0.25, 0.3) is 0 Å². The number of carbonyl (C=O) groups is 4. The van der Waals surface area contributed by atoms with Crippen molar-refractivity contribution in [3.63, 3.8) is 0 Å². The number of rotatable bonds is 77. The lowest BCUT2D eigenvalue weighted by Crippen LogP contribution is -2.30. The Morgan fingerprint density at radius 3 is 0.784 bits per heavy atom. The second-order valence-corrected chi connectivity index (χ2v) is 31.7. The minimum absolute atomic E-state index is 0.105. The molecule has 0 heterocycles. The molecule has 0 aromatic heterocycles. The minimum atomic E-state index is -4.96.